The van der Waals surface area contributed by atoms with Crippen LogP contribution < -0.4 is 14.8 Å². The number of nitrogens with zero attached hydrogens (tertiary/aromatic N) is 1. The predicted molar refractivity (Wildman–Crippen MR) is 164 cm³/mol. The van der Waals surface area contributed by atoms with Gasteiger partial charge < -0.3 is 19.7 Å². The minimum absolute atomic E-state index is 0.0181. The Bertz CT molecular complexity index is 1510. The van der Waals surface area contributed by atoms with Gasteiger partial charge in [-0.1, -0.05) is 23.7 Å². The molecule has 252 valence electrons. The molecule has 0 heterocycles. The molecule has 0 saturated carbocycles. The van der Waals surface area contributed by atoms with Gasteiger partial charge in [-0.3, -0.25) is 9.59 Å². The largest absolute Gasteiger partial charge is 0.351 e. The van der Waals surface area contributed by atoms with Crippen LogP contribution in [0.1, 0.15) is 33.3 Å². The molecule has 0 spiro atoms. The van der Waals surface area contributed by atoms with Gasteiger partial charge in [-0.2, -0.15) is 0 Å². The second-order valence-corrected chi connectivity index (χ2v) is 14.2. The summed E-state index contributed by atoms with van der Waals surface area (Å²) in [5.74, 6) is -4.27. The fourth-order valence-corrected chi connectivity index (χ4v) is 6.03. The molecule has 2 amide bonds. The van der Waals surface area contributed by atoms with Gasteiger partial charge in [-0.15, -0.1) is 0 Å². The first-order valence-electron chi connectivity index (χ1n) is 14.0. The first-order chi connectivity index (χ1) is 21.0. The third kappa shape index (κ3) is 12.5. The van der Waals surface area contributed by atoms with Crippen LogP contribution in [0.15, 0.2) is 47.4 Å². The normalized spacial score (nSPS) is 13.6. The maximum Gasteiger partial charge on any atom is 0.245 e. The summed E-state index contributed by atoms with van der Waals surface area (Å²) in [5.41, 5.74) is 0.611. The molecule has 0 aliphatic rings. The molecule has 0 saturated heterocycles. The van der Waals surface area contributed by atoms with E-state index in [1.165, 1.54) is 4.90 Å². The lowest BCUT2D eigenvalue weighted by Gasteiger charge is -2.34. The molecule has 0 aliphatic heterocycles. The van der Waals surface area contributed by atoms with Crippen molar-refractivity contribution in [3.8, 4) is 0 Å². The number of nitrogens with one attached hydrogen (secondary N) is 3. The van der Waals surface area contributed by atoms with Crippen molar-refractivity contribution in [1.29, 1.82) is 0 Å². The maximum atomic E-state index is 14.0. The van der Waals surface area contributed by atoms with Crippen LogP contribution in [0.3, 0.4) is 0 Å². The number of hydrogen-bond acceptors (Lipinski definition) is 8. The van der Waals surface area contributed by atoms with E-state index in [9.17, 15) is 35.2 Å². The van der Waals surface area contributed by atoms with E-state index in [2.05, 4.69) is 10.0 Å². The van der Waals surface area contributed by atoms with E-state index in [1.54, 1.807) is 52.0 Å². The molecule has 0 bridgehead atoms. The van der Waals surface area contributed by atoms with Crippen molar-refractivity contribution in [2.45, 2.75) is 63.4 Å². The van der Waals surface area contributed by atoms with Crippen LogP contribution >= 0.6 is 11.6 Å². The van der Waals surface area contributed by atoms with E-state index in [0.29, 0.717) is 35.9 Å². The molecule has 3 N–H and O–H groups in total. The fraction of sp³-hybridized carbons (Fsp3) is 0.500. The zero-order chi connectivity index (χ0) is 33.9. The van der Waals surface area contributed by atoms with Crippen LogP contribution in [-0.2, 0) is 45.5 Å². The Morgan fingerprint density at radius 3 is 2.04 bits per heavy atom. The molecule has 17 heteroatoms. The molecule has 2 aromatic carbocycles. The van der Waals surface area contributed by atoms with Crippen LogP contribution in [0, 0.1) is 11.6 Å². The highest BCUT2D eigenvalue weighted by Gasteiger charge is 2.33. The maximum absolute atomic E-state index is 14.0. The Hall–Kier alpha value is -2.73. The highest BCUT2D eigenvalue weighted by atomic mass is 35.5. The molecular weight excluding hydrogens is 658 g/mol. The lowest BCUT2D eigenvalue weighted by atomic mass is 10.0. The summed E-state index contributed by atoms with van der Waals surface area (Å²) in [6, 6.07) is 4.98. The van der Waals surface area contributed by atoms with Gasteiger partial charge in [0.25, 0.3) is 0 Å². The van der Waals surface area contributed by atoms with Crippen LogP contribution in [-0.4, -0.2) is 90.5 Å². The van der Waals surface area contributed by atoms with Gasteiger partial charge in [0.2, 0.25) is 31.9 Å². The van der Waals surface area contributed by atoms with E-state index >= 15 is 0 Å². The molecule has 12 nitrogen and oxygen atoms in total. The predicted octanol–water partition coefficient (Wildman–Crippen LogP) is 2.18. The van der Waals surface area contributed by atoms with E-state index in [1.807, 2.05) is 4.72 Å². The van der Waals surface area contributed by atoms with Gasteiger partial charge in [0, 0.05) is 37.2 Å². The second-order valence-electron chi connectivity index (χ2n) is 10.2. The van der Waals surface area contributed by atoms with E-state index < -0.39 is 73.3 Å². The Morgan fingerprint density at radius 2 is 1.53 bits per heavy atom. The molecule has 0 radical (unpaired) electrons. The molecule has 2 atom stereocenters. The van der Waals surface area contributed by atoms with Crippen LogP contribution in [0.4, 0.5) is 8.78 Å². The Morgan fingerprint density at radius 1 is 0.933 bits per heavy atom. The van der Waals surface area contributed by atoms with Gasteiger partial charge in [0.1, 0.15) is 12.1 Å². The quantitative estimate of drug-likeness (QED) is 0.200. The summed E-state index contributed by atoms with van der Waals surface area (Å²) in [6.07, 6.45) is -0.0377. The summed E-state index contributed by atoms with van der Waals surface area (Å²) in [5, 5.41) is 2.99. The Balaban J connectivity index is 2.41. The monoisotopic (exact) mass is 696 g/mol. The summed E-state index contributed by atoms with van der Waals surface area (Å²) >= 11 is 6.01. The topological polar surface area (TPSA) is 160 Å². The summed E-state index contributed by atoms with van der Waals surface area (Å²) < 4.78 is 92.1. The molecule has 45 heavy (non-hydrogen) atoms. The average Bonchev–Trinajstić information content (AvgIpc) is 2.95. The number of hydrogen-bond donors (Lipinski definition) is 3. The molecule has 2 aromatic rings. The number of carbonyl (C=O) groups is 2. The van der Waals surface area contributed by atoms with Gasteiger partial charge in [0.05, 0.1) is 17.7 Å². The van der Waals surface area contributed by atoms with E-state index in [4.69, 9.17) is 21.1 Å². The Labute approximate surface area is 267 Å². The first-order valence-corrected chi connectivity index (χ1v) is 17.7. The van der Waals surface area contributed by atoms with Crippen molar-refractivity contribution < 1.29 is 44.7 Å². The average molecular weight is 697 g/mol. The zero-order valence-electron chi connectivity index (χ0n) is 25.5. The smallest absolute Gasteiger partial charge is 0.245 e. The number of benzene rings is 2. The number of halogens is 3. The standard InChI is InChI=1S/C28H39ClF2N4O8S2/c1-6-42-26(43-7-2)17-35(18(3)4)28(37)24(14-19-8-10-20(29)11-9-19)33-27(36)25(34-44(5,38)39)16-32-45(40,41)21-12-13-22(30)23(31)15-21/h8-13,15,18,24-26,32,34H,6-7,14,16-17H2,1-5H3,(H,33,36). The third-order valence-electron chi connectivity index (χ3n) is 6.28. The van der Waals surface area contributed by atoms with E-state index in [0.717, 1.165) is 12.3 Å². The first kappa shape index (κ1) is 38.5. The molecule has 0 fully saturated rings. The highest BCUT2D eigenvalue weighted by molar-refractivity contribution is 7.89. The molecular formula is C28H39ClF2N4O8S2. The van der Waals surface area contributed by atoms with Crippen molar-refractivity contribution in [1.82, 2.24) is 19.7 Å². The Kier molecular flexibility index (Phi) is 14.7. The van der Waals surface area contributed by atoms with Crippen molar-refractivity contribution in [3.63, 3.8) is 0 Å². The zero-order valence-corrected chi connectivity index (χ0v) is 27.9. The molecule has 0 aliphatic carbocycles. The molecule has 2 rings (SSSR count). The molecule has 0 aromatic heterocycles. The highest BCUT2D eigenvalue weighted by Crippen LogP contribution is 2.16. The van der Waals surface area contributed by atoms with Gasteiger partial charge in [-0.25, -0.2) is 35.1 Å². The lowest BCUT2D eigenvalue weighted by molar-refractivity contribution is -0.163. The van der Waals surface area contributed by atoms with Crippen LogP contribution in [0.5, 0.6) is 0 Å². The number of carbonyl (C=O) groups excluding carboxylic acids is 2. The SMILES string of the molecule is CCOC(CN(C(=O)C(Cc1ccc(Cl)cc1)NC(=O)C(CNS(=O)(=O)c1ccc(F)c(F)c1)NS(C)(=O)=O)C(C)C)OCC. The molecule has 2 unspecified atom stereocenters. The van der Waals surface area contributed by atoms with Crippen LogP contribution in [0.25, 0.3) is 0 Å². The van der Waals surface area contributed by atoms with Crippen molar-refractivity contribution in [2.24, 2.45) is 0 Å². The number of amides is 2. The van der Waals surface area contributed by atoms with E-state index in [-0.39, 0.29) is 19.0 Å². The van der Waals surface area contributed by atoms with Gasteiger partial charge in [0.15, 0.2) is 17.9 Å². The third-order valence-corrected chi connectivity index (χ3v) is 8.66. The van der Waals surface area contributed by atoms with Gasteiger partial charge in [-0.05, 0) is 63.6 Å². The minimum Gasteiger partial charge on any atom is -0.351 e. The van der Waals surface area contributed by atoms with Gasteiger partial charge >= 0.3 is 0 Å². The van der Waals surface area contributed by atoms with Crippen molar-refractivity contribution >= 4 is 43.5 Å². The number of rotatable bonds is 18. The minimum atomic E-state index is -4.52. The number of sulfonamides is 2. The summed E-state index contributed by atoms with van der Waals surface area (Å²) in [6.45, 7) is 6.88. The summed E-state index contributed by atoms with van der Waals surface area (Å²) in [4.78, 5) is 28.3. The fourth-order valence-electron chi connectivity index (χ4n) is 4.14. The lowest BCUT2D eigenvalue weighted by Crippen LogP contribution is -2.59. The van der Waals surface area contributed by atoms with Crippen molar-refractivity contribution in [2.75, 3.05) is 32.6 Å². The summed E-state index contributed by atoms with van der Waals surface area (Å²) in [7, 11) is -8.61. The van der Waals surface area contributed by atoms with Crippen LogP contribution in [0.2, 0.25) is 5.02 Å². The number of ether oxygens (including phenoxy) is 2. The van der Waals surface area contributed by atoms with Crippen molar-refractivity contribution in [3.05, 3.63) is 64.7 Å². The second kappa shape index (κ2) is 17.3.